The maximum Gasteiger partial charge on any atom is 0.346 e. The lowest BCUT2D eigenvalue weighted by atomic mass is 9.96. The minimum absolute atomic E-state index is 0.128. The van der Waals surface area contributed by atoms with E-state index in [4.69, 9.17) is 5.73 Å². The minimum atomic E-state index is -0.340. The number of aliphatic imine (C=N–C) groups is 1. The van der Waals surface area contributed by atoms with Crippen molar-refractivity contribution in [1.29, 1.82) is 0 Å². The summed E-state index contributed by atoms with van der Waals surface area (Å²) in [4.78, 5) is 20.5. The summed E-state index contributed by atoms with van der Waals surface area (Å²) in [5.74, 6) is 0.523. The van der Waals surface area contributed by atoms with E-state index < -0.39 is 0 Å². The van der Waals surface area contributed by atoms with Gasteiger partial charge >= 0.3 is 6.03 Å². The number of hydrogen-bond acceptors (Lipinski definition) is 3. The van der Waals surface area contributed by atoms with E-state index in [0.29, 0.717) is 11.9 Å². The van der Waals surface area contributed by atoms with Crippen molar-refractivity contribution in [3.63, 3.8) is 0 Å². The molecule has 1 unspecified atom stereocenters. The number of rotatable bonds is 3. The lowest BCUT2D eigenvalue weighted by Gasteiger charge is -2.34. The molecule has 1 saturated heterocycles. The molecule has 0 bridgehead atoms. The summed E-state index contributed by atoms with van der Waals surface area (Å²) in [6.45, 7) is 2.67. The first-order valence-electron chi connectivity index (χ1n) is 7.63. The van der Waals surface area contributed by atoms with Gasteiger partial charge in [-0.05, 0) is 24.8 Å². The maximum absolute atomic E-state index is 12.1. The van der Waals surface area contributed by atoms with Crippen molar-refractivity contribution in [3.05, 3.63) is 35.9 Å². The van der Waals surface area contributed by atoms with E-state index in [1.165, 1.54) is 5.56 Å². The number of amides is 2. The summed E-state index contributed by atoms with van der Waals surface area (Å²) in [6.07, 6.45) is 3.08. The quantitative estimate of drug-likeness (QED) is 0.917. The molecule has 1 atom stereocenters. The highest BCUT2D eigenvalue weighted by Crippen LogP contribution is 2.41. The average Bonchev–Trinajstić information content (AvgIpc) is 3.16. The Morgan fingerprint density at radius 1 is 1.29 bits per heavy atom. The van der Waals surface area contributed by atoms with Crippen molar-refractivity contribution < 1.29 is 4.79 Å². The molecule has 110 valence electrons. The molecule has 2 N–H and O–H groups in total. The molecular formula is C16H20N4O. The second kappa shape index (κ2) is 4.56. The molecular weight excluding hydrogens is 264 g/mol. The molecule has 5 nitrogen and oxygen atoms in total. The van der Waals surface area contributed by atoms with Gasteiger partial charge in [0.05, 0.1) is 0 Å². The number of likely N-dealkylation sites (tertiary alicyclic amines) is 1. The van der Waals surface area contributed by atoms with E-state index in [1.807, 2.05) is 11.0 Å². The van der Waals surface area contributed by atoms with Crippen molar-refractivity contribution in [1.82, 2.24) is 9.80 Å². The van der Waals surface area contributed by atoms with Gasteiger partial charge in [-0.3, -0.25) is 4.90 Å². The van der Waals surface area contributed by atoms with Crippen molar-refractivity contribution in [2.75, 3.05) is 13.1 Å². The van der Waals surface area contributed by atoms with Crippen LogP contribution < -0.4 is 5.73 Å². The van der Waals surface area contributed by atoms with Gasteiger partial charge in [0.25, 0.3) is 0 Å². The van der Waals surface area contributed by atoms with Crippen LogP contribution in [0.5, 0.6) is 0 Å². The van der Waals surface area contributed by atoms with Gasteiger partial charge in [0.15, 0.2) is 0 Å². The SMILES string of the molecule is NC1=NC(=O)N(C2CC2)C12CCN(Cc1ccccc1)C2. The Morgan fingerprint density at radius 3 is 2.76 bits per heavy atom. The van der Waals surface area contributed by atoms with Crippen LogP contribution in [0.2, 0.25) is 0 Å². The van der Waals surface area contributed by atoms with Gasteiger partial charge in [-0.15, -0.1) is 0 Å². The standard InChI is InChI=1S/C16H20N4O/c17-14-16(20(13-6-7-13)15(21)18-14)8-9-19(11-16)10-12-4-2-1-3-5-12/h1-5,13H,6-11H2,(H2,17,18,21). The van der Waals surface area contributed by atoms with Gasteiger partial charge < -0.3 is 10.6 Å². The number of amidine groups is 1. The van der Waals surface area contributed by atoms with Gasteiger partial charge in [-0.2, -0.15) is 4.99 Å². The van der Waals surface area contributed by atoms with E-state index >= 15 is 0 Å². The molecule has 1 aromatic carbocycles. The summed E-state index contributed by atoms with van der Waals surface area (Å²) in [5.41, 5.74) is 7.10. The normalized spacial score (nSPS) is 29.4. The lowest BCUT2D eigenvalue weighted by Crippen LogP contribution is -2.56. The largest absolute Gasteiger partial charge is 0.385 e. The molecule has 1 aromatic rings. The van der Waals surface area contributed by atoms with Gasteiger partial charge in [0, 0.05) is 25.7 Å². The molecule has 2 fully saturated rings. The number of benzene rings is 1. The Morgan fingerprint density at radius 2 is 2.05 bits per heavy atom. The lowest BCUT2D eigenvalue weighted by molar-refractivity contribution is 0.164. The highest BCUT2D eigenvalue weighted by atomic mass is 16.2. The zero-order valence-electron chi connectivity index (χ0n) is 12.0. The summed E-state index contributed by atoms with van der Waals surface area (Å²) >= 11 is 0. The van der Waals surface area contributed by atoms with Crippen LogP contribution in [0.25, 0.3) is 0 Å². The highest BCUT2D eigenvalue weighted by molar-refractivity contribution is 6.06. The number of carbonyl (C=O) groups excluding carboxylic acids is 1. The minimum Gasteiger partial charge on any atom is -0.385 e. The van der Waals surface area contributed by atoms with Crippen LogP contribution in [0.15, 0.2) is 35.3 Å². The van der Waals surface area contributed by atoms with Crippen LogP contribution in [-0.4, -0.2) is 46.3 Å². The third-order valence-electron chi connectivity index (χ3n) is 4.85. The van der Waals surface area contributed by atoms with Gasteiger partial charge in [0.2, 0.25) is 0 Å². The number of urea groups is 1. The zero-order valence-corrected chi connectivity index (χ0v) is 12.0. The van der Waals surface area contributed by atoms with Crippen molar-refractivity contribution in [2.45, 2.75) is 37.4 Å². The van der Waals surface area contributed by atoms with Gasteiger partial charge in [-0.25, -0.2) is 4.79 Å². The molecule has 0 aromatic heterocycles. The average molecular weight is 284 g/mol. The van der Waals surface area contributed by atoms with E-state index in [-0.39, 0.29) is 11.6 Å². The number of nitrogens with two attached hydrogens (primary N) is 1. The van der Waals surface area contributed by atoms with Crippen molar-refractivity contribution in [3.8, 4) is 0 Å². The van der Waals surface area contributed by atoms with E-state index in [0.717, 1.165) is 38.9 Å². The van der Waals surface area contributed by atoms with Crippen molar-refractivity contribution in [2.24, 2.45) is 10.7 Å². The molecule has 4 rings (SSSR count). The van der Waals surface area contributed by atoms with Crippen LogP contribution >= 0.6 is 0 Å². The fourth-order valence-electron chi connectivity index (χ4n) is 3.66. The van der Waals surface area contributed by atoms with E-state index in [2.05, 4.69) is 34.2 Å². The van der Waals surface area contributed by atoms with E-state index in [1.54, 1.807) is 0 Å². The predicted octanol–water partition coefficient (Wildman–Crippen LogP) is 1.59. The molecule has 1 spiro atoms. The zero-order chi connectivity index (χ0) is 14.4. The molecule has 0 radical (unpaired) electrons. The van der Waals surface area contributed by atoms with Crippen LogP contribution in [0, 0.1) is 0 Å². The Balaban J connectivity index is 1.54. The third-order valence-corrected chi connectivity index (χ3v) is 4.85. The monoisotopic (exact) mass is 284 g/mol. The van der Waals surface area contributed by atoms with Crippen LogP contribution in [0.4, 0.5) is 4.79 Å². The van der Waals surface area contributed by atoms with Crippen LogP contribution in [0.1, 0.15) is 24.8 Å². The van der Waals surface area contributed by atoms with Crippen LogP contribution in [0.3, 0.4) is 0 Å². The summed E-state index contributed by atoms with van der Waals surface area (Å²) in [5, 5.41) is 0. The molecule has 2 aliphatic heterocycles. The number of hydrogen-bond donors (Lipinski definition) is 1. The highest BCUT2D eigenvalue weighted by Gasteiger charge is 2.56. The van der Waals surface area contributed by atoms with Crippen molar-refractivity contribution >= 4 is 11.9 Å². The van der Waals surface area contributed by atoms with E-state index in [9.17, 15) is 4.79 Å². The molecule has 1 aliphatic carbocycles. The molecule has 2 heterocycles. The second-order valence-corrected chi connectivity index (χ2v) is 6.36. The maximum atomic E-state index is 12.1. The summed E-state index contributed by atoms with van der Waals surface area (Å²) < 4.78 is 0. The first-order chi connectivity index (χ1) is 10.2. The Kier molecular flexibility index (Phi) is 2.79. The molecule has 2 amide bonds. The predicted molar refractivity (Wildman–Crippen MR) is 80.9 cm³/mol. The fraction of sp³-hybridized carbons (Fsp3) is 0.500. The Hall–Kier alpha value is -1.88. The number of nitrogens with zero attached hydrogens (tertiary/aromatic N) is 3. The Labute approximate surface area is 124 Å². The first-order valence-corrected chi connectivity index (χ1v) is 7.63. The Bertz CT molecular complexity index is 596. The first kappa shape index (κ1) is 12.8. The number of carbonyl (C=O) groups is 1. The summed E-state index contributed by atoms with van der Waals surface area (Å²) in [7, 11) is 0. The third kappa shape index (κ3) is 2.03. The topological polar surface area (TPSA) is 61.9 Å². The molecule has 5 heteroatoms. The molecule has 21 heavy (non-hydrogen) atoms. The molecule has 3 aliphatic rings. The smallest absolute Gasteiger partial charge is 0.346 e. The van der Waals surface area contributed by atoms with Crippen LogP contribution in [-0.2, 0) is 6.54 Å². The summed E-state index contributed by atoms with van der Waals surface area (Å²) in [6, 6.07) is 10.7. The fourth-order valence-corrected chi connectivity index (χ4v) is 3.66. The van der Waals surface area contributed by atoms with Gasteiger partial charge in [0.1, 0.15) is 11.4 Å². The van der Waals surface area contributed by atoms with Gasteiger partial charge in [-0.1, -0.05) is 30.3 Å². The second-order valence-electron chi connectivity index (χ2n) is 6.36. The molecule has 1 saturated carbocycles.